The van der Waals surface area contributed by atoms with Gasteiger partial charge in [-0.15, -0.1) is 0 Å². The van der Waals surface area contributed by atoms with E-state index >= 15 is 0 Å². The molecule has 29 heavy (non-hydrogen) atoms. The van der Waals surface area contributed by atoms with E-state index in [1.807, 2.05) is 51.1 Å². The van der Waals surface area contributed by atoms with Crippen molar-refractivity contribution in [1.29, 1.82) is 5.26 Å². The average Bonchev–Trinajstić information content (AvgIpc) is 2.98. The molecule has 0 atom stereocenters. The van der Waals surface area contributed by atoms with Crippen molar-refractivity contribution < 1.29 is 14.3 Å². The van der Waals surface area contributed by atoms with Gasteiger partial charge in [0.2, 0.25) is 0 Å². The Morgan fingerprint density at radius 3 is 2.62 bits per heavy atom. The molecule has 0 bridgehead atoms. The molecule has 6 nitrogen and oxygen atoms in total. The van der Waals surface area contributed by atoms with Gasteiger partial charge >= 0.3 is 5.97 Å². The first-order valence-corrected chi connectivity index (χ1v) is 9.74. The number of benzene rings is 1. The first-order valence-electron chi connectivity index (χ1n) is 9.74. The number of aryl methyl sites for hydroxylation is 2. The van der Waals surface area contributed by atoms with Crippen molar-refractivity contribution in [3.63, 3.8) is 0 Å². The van der Waals surface area contributed by atoms with Crippen molar-refractivity contribution in [1.82, 2.24) is 4.57 Å². The summed E-state index contributed by atoms with van der Waals surface area (Å²) in [6.07, 6.45) is 3.28. The number of nitrogens with one attached hydrogen (secondary N) is 1. The smallest absolute Gasteiger partial charge is 0.349 e. The highest BCUT2D eigenvalue weighted by atomic mass is 16.5. The van der Waals surface area contributed by atoms with E-state index in [1.54, 1.807) is 6.07 Å². The molecule has 1 N–H and O–H groups in total. The van der Waals surface area contributed by atoms with E-state index in [4.69, 9.17) is 4.74 Å². The van der Waals surface area contributed by atoms with Gasteiger partial charge in [-0.05, 0) is 56.0 Å². The normalized spacial score (nSPS) is 11.1. The number of aromatic nitrogens is 1. The molecule has 0 aliphatic heterocycles. The zero-order chi connectivity index (χ0) is 21.4. The molecular formula is C23H27N3O3. The maximum atomic E-state index is 12.3. The first kappa shape index (κ1) is 22.0. The van der Waals surface area contributed by atoms with Gasteiger partial charge in [-0.2, -0.15) is 5.26 Å². The molecular weight excluding hydrogens is 366 g/mol. The van der Waals surface area contributed by atoms with Crippen LogP contribution in [-0.4, -0.2) is 23.1 Å². The van der Waals surface area contributed by atoms with Crippen molar-refractivity contribution in [2.45, 2.75) is 47.1 Å². The van der Waals surface area contributed by atoms with Gasteiger partial charge in [-0.25, -0.2) is 4.79 Å². The molecule has 0 radical (unpaired) electrons. The van der Waals surface area contributed by atoms with Crippen molar-refractivity contribution in [2.75, 3.05) is 11.9 Å². The Morgan fingerprint density at radius 1 is 1.24 bits per heavy atom. The number of carbonyl (C=O) groups excluding carboxylic acids is 2. The van der Waals surface area contributed by atoms with Crippen LogP contribution in [0.3, 0.4) is 0 Å². The molecule has 0 aliphatic carbocycles. The molecule has 2 rings (SSSR count). The fraction of sp³-hybridized carbons (Fsp3) is 0.348. The molecule has 1 amide bonds. The number of nitriles is 1. The number of hydrogen-bond acceptors (Lipinski definition) is 4. The van der Waals surface area contributed by atoms with Gasteiger partial charge in [0.1, 0.15) is 11.6 Å². The highest BCUT2D eigenvalue weighted by Gasteiger charge is 2.16. The predicted octanol–water partition coefficient (Wildman–Crippen LogP) is 4.17. The maximum absolute atomic E-state index is 12.3. The highest BCUT2D eigenvalue weighted by Crippen LogP contribution is 2.19. The maximum Gasteiger partial charge on any atom is 0.349 e. The predicted molar refractivity (Wildman–Crippen MR) is 113 cm³/mol. The van der Waals surface area contributed by atoms with Gasteiger partial charge in [0.15, 0.2) is 6.61 Å². The Kier molecular flexibility index (Phi) is 7.79. The van der Waals surface area contributed by atoms with Gasteiger partial charge in [-0.3, -0.25) is 4.79 Å². The number of amides is 1. The molecule has 1 aromatic carbocycles. The topological polar surface area (TPSA) is 84.1 Å². The van der Waals surface area contributed by atoms with E-state index < -0.39 is 18.5 Å². The Bertz CT molecular complexity index is 964. The second-order valence-electron chi connectivity index (χ2n) is 6.78. The van der Waals surface area contributed by atoms with Crippen LogP contribution in [0.1, 0.15) is 42.8 Å². The van der Waals surface area contributed by atoms with Crippen LogP contribution in [0.2, 0.25) is 0 Å². The number of para-hydroxylation sites is 1. The first-order chi connectivity index (χ1) is 13.9. The SMILES string of the molecule is CCCn1c(C)cc(/C=C(\C#N)C(=O)OCC(=O)Nc2ccccc2CC)c1C. The van der Waals surface area contributed by atoms with Crippen LogP contribution in [0.5, 0.6) is 0 Å². The summed E-state index contributed by atoms with van der Waals surface area (Å²) in [6.45, 7) is 8.45. The minimum atomic E-state index is -0.813. The summed E-state index contributed by atoms with van der Waals surface area (Å²) >= 11 is 0. The largest absolute Gasteiger partial charge is 0.451 e. The van der Waals surface area contributed by atoms with E-state index in [1.165, 1.54) is 6.08 Å². The molecule has 2 aromatic rings. The van der Waals surface area contributed by atoms with Gasteiger partial charge in [0, 0.05) is 23.6 Å². The zero-order valence-corrected chi connectivity index (χ0v) is 17.4. The highest BCUT2D eigenvalue weighted by molar-refractivity contribution is 6.00. The van der Waals surface area contributed by atoms with Crippen LogP contribution in [0.15, 0.2) is 35.9 Å². The molecule has 152 valence electrons. The van der Waals surface area contributed by atoms with Crippen molar-refractivity contribution in [3.8, 4) is 6.07 Å². The van der Waals surface area contributed by atoms with Crippen LogP contribution in [0.25, 0.3) is 6.08 Å². The molecule has 0 saturated heterocycles. The summed E-state index contributed by atoms with van der Waals surface area (Å²) in [5.41, 5.74) is 4.39. The number of carbonyl (C=O) groups is 2. The number of anilines is 1. The van der Waals surface area contributed by atoms with Gasteiger partial charge in [0.05, 0.1) is 0 Å². The van der Waals surface area contributed by atoms with Crippen LogP contribution < -0.4 is 5.32 Å². The molecule has 0 spiro atoms. The lowest BCUT2D eigenvalue weighted by Crippen LogP contribution is -2.22. The van der Waals surface area contributed by atoms with Gasteiger partial charge in [0.25, 0.3) is 5.91 Å². The van der Waals surface area contributed by atoms with E-state index in [2.05, 4.69) is 16.8 Å². The van der Waals surface area contributed by atoms with E-state index in [0.29, 0.717) is 5.69 Å². The van der Waals surface area contributed by atoms with E-state index in [-0.39, 0.29) is 5.57 Å². The molecule has 0 fully saturated rings. The third-order valence-electron chi connectivity index (χ3n) is 4.71. The van der Waals surface area contributed by atoms with Crippen molar-refractivity contribution >= 4 is 23.6 Å². The standard InChI is InChI=1S/C23H27N3O3/c1-5-11-26-16(3)12-19(17(26)4)13-20(14-24)23(28)29-15-22(27)25-21-10-8-7-9-18(21)6-2/h7-10,12-13H,5-6,11,15H2,1-4H3,(H,25,27)/b20-13+. The molecule has 1 aromatic heterocycles. The molecule has 0 saturated carbocycles. The van der Waals surface area contributed by atoms with Crippen LogP contribution in [0, 0.1) is 25.2 Å². The molecule has 6 heteroatoms. The quantitative estimate of drug-likeness (QED) is 0.414. The second-order valence-corrected chi connectivity index (χ2v) is 6.78. The summed E-state index contributed by atoms with van der Waals surface area (Å²) < 4.78 is 7.19. The second kappa shape index (κ2) is 10.3. The lowest BCUT2D eigenvalue weighted by atomic mass is 10.1. The average molecular weight is 393 g/mol. The van der Waals surface area contributed by atoms with E-state index in [9.17, 15) is 14.9 Å². The van der Waals surface area contributed by atoms with Gasteiger partial charge in [-0.1, -0.05) is 32.0 Å². The number of rotatable bonds is 8. The van der Waals surface area contributed by atoms with Crippen LogP contribution in [-0.2, 0) is 27.3 Å². The monoisotopic (exact) mass is 393 g/mol. The van der Waals surface area contributed by atoms with Gasteiger partial charge < -0.3 is 14.6 Å². The number of nitrogens with zero attached hydrogens (tertiary/aromatic N) is 2. The third-order valence-corrected chi connectivity index (χ3v) is 4.71. The third kappa shape index (κ3) is 5.58. The van der Waals surface area contributed by atoms with E-state index in [0.717, 1.165) is 41.9 Å². The molecule has 0 unspecified atom stereocenters. The fourth-order valence-corrected chi connectivity index (χ4v) is 3.18. The number of hydrogen-bond donors (Lipinski definition) is 1. The van der Waals surface area contributed by atoms with Crippen LogP contribution >= 0.6 is 0 Å². The lowest BCUT2D eigenvalue weighted by molar-refractivity contribution is -0.142. The minimum Gasteiger partial charge on any atom is -0.451 e. The van der Waals surface area contributed by atoms with Crippen molar-refractivity contribution in [2.24, 2.45) is 0 Å². The summed E-state index contributed by atoms with van der Waals surface area (Å²) in [5.74, 6) is -1.26. The lowest BCUT2D eigenvalue weighted by Gasteiger charge is -2.10. The Morgan fingerprint density at radius 2 is 1.97 bits per heavy atom. The number of esters is 1. The Hall–Kier alpha value is -3.33. The summed E-state index contributed by atoms with van der Waals surface area (Å²) in [5, 5.41) is 12.1. The molecule has 0 aliphatic rings. The zero-order valence-electron chi connectivity index (χ0n) is 17.4. The summed E-state index contributed by atoms with van der Waals surface area (Å²) in [4.78, 5) is 24.4. The summed E-state index contributed by atoms with van der Waals surface area (Å²) in [6, 6.07) is 11.3. The fourth-order valence-electron chi connectivity index (χ4n) is 3.18. The summed E-state index contributed by atoms with van der Waals surface area (Å²) in [7, 11) is 0. The Balaban J connectivity index is 2.05. The number of ether oxygens (including phenoxy) is 1. The Labute approximate surface area is 171 Å². The minimum absolute atomic E-state index is 0.136. The van der Waals surface area contributed by atoms with Crippen LogP contribution in [0.4, 0.5) is 5.69 Å². The van der Waals surface area contributed by atoms with Crippen molar-refractivity contribution in [3.05, 3.63) is 58.4 Å². The molecule has 1 heterocycles.